The quantitative estimate of drug-likeness (QED) is 0.349. The minimum absolute atomic E-state index is 0.0532. The van der Waals surface area contributed by atoms with Crippen LogP contribution in [0.15, 0.2) is 29.4 Å². The van der Waals surface area contributed by atoms with E-state index in [1.54, 1.807) is 10.6 Å². The van der Waals surface area contributed by atoms with Crippen LogP contribution in [0, 0.1) is 5.92 Å². The maximum absolute atomic E-state index is 13.4. The third kappa shape index (κ3) is 4.39. The summed E-state index contributed by atoms with van der Waals surface area (Å²) in [5.74, 6) is 0.991. The number of benzene rings is 1. The molecule has 0 bridgehead atoms. The Balaban J connectivity index is 1.35. The Hall–Kier alpha value is -3.30. The van der Waals surface area contributed by atoms with Crippen LogP contribution in [0.5, 0.6) is 0 Å². The number of carbonyl (C=O) groups excluding carboxylic acids is 1. The molecule has 4 aromatic rings. The van der Waals surface area contributed by atoms with Gasteiger partial charge in [-0.2, -0.15) is 0 Å². The number of amides is 1. The van der Waals surface area contributed by atoms with Crippen LogP contribution in [-0.4, -0.2) is 75.7 Å². The predicted octanol–water partition coefficient (Wildman–Crippen LogP) is 3.25. The highest BCUT2D eigenvalue weighted by Crippen LogP contribution is 2.40. The maximum atomic E-state index is 13.4. The van der Waals surface area contributed by atoms with E-state index in [9.17, 15) is 22.0 Å². The normalized spacial score (nSPS) is 19.2. The molecule has 0 spiro atoms. The molecule has 11 nitrogen and oxygen atoms in total. The monoisotopic (exact) mass is 588 g/mol. The van der Waals surface area contributed by atoms with Crippen molar-refractivity contribution in [2.75, 3.05) is 31.1 Å². The van der Waals surface area contributed by atoms with Crippen LogP contribution in [0.1, 0.15) is 44.0 Å². The van der Waals surface area contributed by atoms with Gasteiger partial charge in [-0.3, -0.25) is 9.36 Å². The first kappa shape index (κ1) is 25.7. The van der Waals surface area contributed by atoms with E-state index in [0.29, 0.717) is 53.9 Å². The molecule has 1 aromatic carbocycles. The molecular formula is C25H26F2N8O3S2. The summed E-state index contributed by atoms with van der Waals surface area (Å²) in [6, 6.07) is 4.76. The first-order chi connectivity index (χ1) is 19.1. The summed E-state index contributed by atoms with van der Waals surface area (Å²) < 4.78 is 57.7. The van der Waals surface area contributed by atoms with E-state index in [4.69, 9.17) is 0 Å². The molecule has 3 fully saturated rings. The van der Waals surface area contributed by atoms with Gasteiger partial charge in [-0.15, -0.1) is 10.2 Å². The van der Waals surface area contributed by atoms with Gasteiger partial charge in [0.1, 0.15) is 12.1 Å². The van der Waals surface area contributed by atoms with Crippen molar-refractivity contribution < 1.29 is 22.0 Å². The SMILES string of the molecule is CC1(NS(=O)(=O)c2ccc3c4c(N5CCN(C(=O)C6CC6)CC5)ncnc4n(-c4nnc(C(F)F)s4)c3c2)CC1. The van der Waals surface area contributed by atoms with E-state index in [1.165, 1.54) is 18.5 Å². The Kier molecular flexibility index (Phi) is 5.84. The van der Waals surface area contributed by atoms with Gasteiger partial charge in [0.2, 0.25) is 21.1 Å². The van der Waals surface area contributed by atoms with Crippen LogP contribution in [0.2, 0.25) is 0 Å². The van der Waals surface area contributed by atoms with Crippen molar-refractivity contribution in [2.45, 2.75) is 49.5 Å². The number of rotatable bonds is 7. The number of nitrogens with one attached hydrogen (secondary N) is 1. The Morgan fingerprint density at radius 1 is 1.12 bits per heavy atom. The van der Waals surface area contributed by atoms with Gasteiger partial charge in [0, 0.05) is 43.0 Å². The van der Waals surface area contributed by atoms with Crippen molar-refractivity contribution in [1.82, 2.24) is 34.4 Å². The highest BCUT2D eigenvalue weighted by atomic mass is 32.2. The third-order valence-electron chi connectivity index (χ3n) is 7.81. The lowest BCUT2D eigenvalue weighted by atomic mass is 10.2. The number of carbonyl (C=O) groups is 1. The van der Waals surface area contributed by atoms with Crippen LogP contribution < -0.4 is 9.62 Å². The zero-order chi connectivity index (χ0) is 27.8. The molecule has 1 saturated heterocycles. The van der Waals surface area contributed by atoms with Crippen LogP contribution in [0.3, 0.4) is 0 Å². The average Bonchev–Trinajstić information content (AvgIpc) is 3.83. The fraction of sp³-hybridized carbons (Fsp3) is 0.480. The second kappa shape index (κ2) is 9.11. The van der Waals surface area contributed by atoms with E-state index >= 15 is 0 Å². The Bertz CT molecular complexity index is 1760. The Morgan fingerprint density at radius 2 is 1.88 bits per heavy atom. The highest BCUT2D eigenvalue weighted by Gasteiger charge is 2.41. The minimum Gasteiger partial charge on any atom is -0.352 e. The molecule has 40 heavy (non-hydrogen) atoms. The van der Waals surface area contributed by atoms with Gasteiger partial charge in [0.25, 0.3) is 6.43 Å². The smallest absolute Gasteiger partial charge is 0.291 e. The lowest BCUT2D eigenvalue weighted by molar-refractivity contribution is -0.132. The molecule has 3 aromatic heterocycles. The standard InChI is InChI=1S/C25H26F2N8O3S2/c1-25(6-7-25)32-40(37,38)15-4-5-16-17(12-15)35(24-31-30-22(39-24)19(26)27)21-18(16)20(28-13-29-21)33-8-10-34(11-9-33)23(36)14-2-3-14/h4-5,12-14,19,32H,2-3,6-11H2,1H3. The molecule has 1 aliphatic heterocycles. The lowest BCUT2D eigenvalue weighted by Gasteiger charge is -2.35. The highest BCUT2D eigenvalue weighted by molar-refractivity contribution is 7.89. The van der Waals surface area contributed by atoms with Gasteiger partial charge in [0.05, 0.1) is 15.8 Å². The minimum atomic E-state index is -3.84. The van der Waals surface area contributed by atoms with E-state index in [2.05, 4.69) is 29.8 Å². The topological polar surface area (TPSA) is 126 Å². The molecule has 0 atom stereocenters. The second-order valence-corrected chi connectivity index (χ2v) is 13.6. The maximum Gasteiger partial charge on any atom is 0.291 e. The summed E-state index contributed by atoms with van der Waals surface area (Å²) in [6.45, 7) is 4.13. The zero-order valence-corrected chi connectivity index (χ0v) is 23.2. The predicted molar refractivity (Wildman–Crippen MR) is 144 cm³/mol. The van der Waals surface area contributed by atoms with Crippen LogP contribution >= 0.6 is 11.3 Å². The van der Waals surface area contributed by atoms with E-state index in [0.717, 1.165) is 37.0 Å². The van der Waals surface area contributed by atoms with Gasteiger partial charge >= 0.3 is 0 Å². The Labute approximate surface area is 232 Å². The van der Waals surface area contributed by atoms with E-state index in [-0.39, 0.29) is 21.9 Å². The number of anilines is 1. The summed E-state index contributed by atoms with van der Waals surface area (Å²) >= 11 is 0.723. The molecule has 7 rings (SSSR count). The number of alkyl halides is 2. The molecule has 3 aliphatic rings. The van der Waals surface area contributed by atoms with Gasteiger partial charge in [0.15, 0.2) is 10.7 Å². The van der Waals surface area contributed by atoms with Crippen molar-refractivity contribution in [2.24, 2.45) is 5.92 Å². The molecule has 4 heterocycles. The summed E-state index contributed by atoms with van der Waals surface area (Å²) in [4.78, 5) is 25.7. The summed E-state index contributed by atoms with van der Waals surface area (Å²) in [5.41, 5.74) is 0.387. The van der Waals surface area contributed by atoms with Crippen molar-refractivity contribution in [3.05, 3.63) is 29.5 Å². The van der Waals surface area contributed by atoms with Crippen molar-refractivity contribution in [1.29, 1.82) is 0 Å². The molecule has 1 amide bonds. The van der Waals surface area contributed by atoms with E-state index in [1.807, 2.05) is 11.8 Å². The number of fused-ring (bicyclic) bond motifs is 3. The number of aromatic nitrogens is 5. The van der Waals surface area contributed by atoms with Gasteiger partial charge < -0.3 is 9.80 Å². The molecule has 1 N–H and O–H groups in total. The van der Waals surface area contributed by atoms with Crippen LogP contribution in [-0.2, 0) is 14.8 Å². The van der Waals surface area contributed by atoms with Gasteiger partial charge in [-0.25, -0.2) is 31.9 Å². The molecule has 2 aliphatic carbocycles. The van der Waals surface area contributed by atoms with Crippen molar-refractivity contribution >= 4 is 55.0 Å². The second-order valence-electron chi connectivity index (χ2n) is 10.9. The largest absolute Gasteiger partial charge is 0.352 e. The number of sulfonamides is 1. The van der Waals surface area contributed by atoms with Crippen molar-refractivity contribution in [3.8, 4) is 5.13 Å². The molecule has 210 valence electrons. The first-order valence-electron chi connectivity index (χ1n) is 13.1. The molecule has 15 heteroatoms. The van der Waals surface area contributed by atoms with E-state index < -0.39 is 27.0 Å². The van der Waals surface area contributed by atoms with Gasteiger partial charge in [-0.1, -0.05) is 17.4 Å². The number of hydrogen-bond acceptors (Lipinski definition) is 9. The molecular weight excluding hydrogens is 562 g/mol. The molecule has 2 saturated carbocycles. The zero-order valence-electron chi connectivity index (χ0n) is 21.5. The first-order valence-corrected chi connectivity index (χ1v) is 15.4. The molecule has 0 radical (unpaired) electrons. The Morgan fingerprint density at radius 3 is 2.52 bits per heavy atom. The summed E-state index contributed by atoms with van der Waals surface area (Å²) in [7, 11) is -3.84. The fourth-order valence-corrected chi connectivity index (χ4v) is 7.41. The average molecular weight is 589 g/mol. The van der Waals surface area contributed by atoms with Crippen molar-refractivity contribution in [3.63, 3.8) is 0 Å². The van der Waals surface area contributed by atoms with Gasteiger partial charge in [-0.05, 0) is 44.7 Å². The van der Waals surface area contributed by atoms with Crippen LogP contribution in [0.4, 0.5) is 14.6 Å². The molecule has 0 unspecified atom stereocenters. The number of hydrogen-bond donors (Lipinski definition) is 1. The lowest BCUT2D eigenvalue weighted by Crippen LogP contribution is -2.49. The summed E-state index contributed by atoms with van der Waals surface area (Å²) in [5, 5.41) is 8.67. The number of piperazine rings is 1. The third-order valence-corrected chi connectivity index (χ3v) is 10.4. The van der Waals surface area contributed by atoms with Crippen LogP contribution in [0.25, 0.3) is 27.1 Å². The number of halogens is 2. The number of nitrogens with zero attached hydrogens (tertiary/aromatic N) is 7. The summed E-state index contributed by atoms with van der Waals surface area (Å²) in [6.07, 6.45) is 2.03. The fourth-order valence-electron chi connectivity index (χ4n) is 5.21.